The average Bonchev–Trinajstić information content (AvgIpc) is 2.64. The van der Waals surface area contributed by atoms with Crippen LogP contribution in [0.3, 0.4) is 0 Å². The topological polar surface area (TPSA) is 209 Å². The maximum Gasteiger partial charge on any atom is 0.422 e. The number of imide groups is 3. The zero-order valence-electron chi connectivity index (χ0n) is 21.5. The molecule has 4 N–H and O–H groups in total. The van der Waals surface area contributed by atoms with E-state index >= 15 is 0 Å². The highest BCUT2D eigenvalue weighted by molar-refractivity contribution is 7.90. The van der Waals surface area contributed by atoms with Crippen molar-refractivity contribution < 1.29 is 37.5 Å². The number of nitrogens with zero attached hydrogens (tertiary/aromatic N) is 4. The molecule has 2 aliphatic heterocycles. The van der Waals surface area contributed by atoms with E-state index in [1.165, 1.54) is 6.92 Å². The first kappa shape index (κ1) is 31.4. The molecule has 0 radical (unpaired) electrons. The van der Waals surface area contributed by atoms with Gasteiger partial charge in [-0.3, -0.25) is 14.4 Å². The predicted octanol–water partition coefficient (Wildman–Crippen LogP) is 1.64. The van der Waals surface area contributed by atoms with Crippen LogP contribution in [0, 0.1) is 5.41 Å². The molecule has 0 fully saturated rings. The van der Waals surface area contributed by atoms with Crippen molar-refractivity contribution in [2.24, 2.45) is 20.5 Å². The molecule has 0 unspecified atom stereocenters. The van der Waals surface area contributed by atoms with E-state index in [-0.39, 0.29) is 27.0 Å². The highest BCUT2D eigenvalue weighted by Crippen LogP contribution is 2.29. The van der Waals surface area contributed by atoms with Crippen LogP contribution in [-0.2, 0) is 24.6 Å². The highest BCUT2D eigenvalue weighted by Gasteiger charge is 2.41. The van der Waals surface area contributed by atoms with Crippen LogP contribution in [-0.4, -0.2) is 69.2 Å². The van der Waals surface area contributed by atoms with Gasteiger partial charge in [0, 0.05) is 12.3 Å². The largest absolute Gasteiger partial charge is 0.464 e. The minimum absolute atomic E-state index is 0.00630. The highest BCUT2D eigenvalue weighted by atomic mass is 32.2. The zero-order chi connectivity index (χ0) is 29.2. The van der Waals surface area contributed by atoms with E-state index in [1.807, 2.05) is 20.8 Å². The first-order chi connectivity index (χ1) is 16.6. The molecular weight excluding hydrogens is 528 g/mol. The van der Waals surface area contributed by atoms with Crippen molar-refractivity contribution in [2.75, 3.05) is 0 Å². The van der Waals surface area contributed by atoms with E-state index in [0.717, 1.165) is 0 Å². The van der Waals surface area contributed by atoms with Crippen LogP contribution >= 0.6 is 12.2 Å². The molecule has 2 rings (SSSR count). The second-order valence-corrected chi connectivity index (χ2v) is 11.0. The van der Waals surface area contributed by atoms with Gasteiger partial charge in [0.15, 0.2) is 5.84 Å². The number of rotatable bonds is 1. The van der Waals surface area contributed by atoms with E-state index in [4.69, 9.17) is 22.5 Å². The average molecular weight is 557 g/mol. The van der Waals surface area contributed by atoms with E-state index < -0.39 is 45.5 Å². The fraction of sp³-hybridized carbons (Fsp3) is 0.429. The predicted molar refractivity (Wildman–Crippen MR) is 138 cm³/mol. The summed E-state index contributed by atoms with van der Waals surface area (Å²) < 4.78 is 23.2. The summed E-state index contributed by atoms with van der Waals surface area (Å²) in [7, 11) is -4.26. The third kappa shape index (κ3) is 7.21. The van der Waals surface area contributed by atoms with Crippen LogP contribution in [0.2, 0.25) is 0 Å². The number of thiocarbonyl (C=S) groups is 1. The summed E-state index contributed by atoms with van der Waals surface area (Å²) in [6.07, 6.45) is -1.71. The van der Waals surface area contributed by atoms with Gasteiger partial charge in [-0.25, -0.2) is 19.7 Å². The molecular formula is C21H28N6O8S2. The number of hydrogen-bond donors (Lipinski definition) is 3. The second kappa shape index (κ2) is 11.2. The number of hydrogen-bond acceptors (Lipinski definition) is 8. The summed E-state index contributed by atoms with van der Waals surface area (Å²) >= 11 is 4.87. The lowest BCUT2D eigenvalue weighted by Crippen LogP contribution is -2.50. The van der Waals surface area contributed by atoms with E-state index in [1.54, 1.807) is 27.7 Å². The number of carbonyl (C=O) groups excluding carboxylic acids is 4. The van der Waals surface area contributed by atoms with Gasteiger partial charge in [0.1, 0.15) is 0 Å². The summed E-state index contributed by atoms with van der Waals surface area (Å²) in [5.74, 6) is -2.51. The molecule has 0 spiro atoms. The number of urea groups is 1. The minimum atomic E-state index is -4.26. The quantitative estimate of drug-likeness (QED) is 0.316. The monoisotopic (exact) mass is 556 g/mol. The molecule has 6 amide bonds. The Bertz CT molecular complexity index is 1320. The van der Waals surface area contributed by atoms with Gasteiger partial charge in [-0.2, -0.15) is 22.6 Å². The number of allylic oxidation sites excluding steroid dienone is 2. The number of aliphatic imine (C=N–C) groups is 2. The SMILES string of the molecule is CC(=O)NC1=NC(=O)N(C(=O)O)C(=O)C1=C(C)C.CC(C)=C1C(=O)N(S(N)(=O)=O)C(=S)N=C1C(C)(C)C. The Morgan fingerprint density at radius 3 is 1.78 bits per heavy atom. The summed E-state index contributed by atoms with van der Waals surface area (Å²) in [6.45, 7) is 13.3. The number of carbonyl (C=O) groups is 5. The maximum atomic E-state index is 12.3. The van der Waals surface area contributed by atoms with Gasteiger partial charge in [0.2, 0.25) is 11.0 Å². The Kier molecular flexibility index (Phi) is 9.49. The molecule has 2 heterocycles. The van der Waals surface area contributed by atoms with Gasteiger partial charge in [-0.15, -0.1) is 0 Å². The van der Waals surface area contributed by atoms with Crippen LogP contribution in [0.4, 0.5) is 9.59 Å². The standard InChI is InChI=1S/C11H17N3O3S2.C10H11N3O5/c1-6(2)7-8(11(3,4)5)13-10(18)14(9(7)15)19(12,16)17;1-4(2)6-7(11-5(3)14)12-9(16)13(8(6)15)10(17)18/h1-5H3,(H2,12,16,17);1-3H3,(H,17,18)(H,11,12,14,16). The van der Waals surface area contributed by atoms with Crippen molar-refractivity contribution >= 4 is 68.9 Å². The second-order valence-electron chi connectivity index (χ2n) is 9.20. The van der Waals surface area contributed by atoms with Gasteiger partial charge in [0.25, 0.3) is 11.8 Å². The molecule has 0 saturated heterocycles. The molecule has 16 heteroatoms. The number of amidine groups is 1. The smallest absolute Gasteiger partial charge is 0.422 e. The lowest BCUT2D eigenvalue weighted by molar-refractivity contribution is -0.122. The van der Waals surface area contributed by atoms with Crippen molar-refractivity contribution in [3.63, 3.8) is 0 Å². The molecule has 0 aromatic rings. The Hall–Kier alpha value is -3.63. The Morgan fingerprint density at radius 2 is 1.43 bits per heavy atom. The first-order valence-corrected chi connectivity index (χ1v) is 12.4. The van der Waals surface area contributed by atoms with Crippen LogP contribution in [0.15, 0.2) is 32.3 Å². The van der Waals surface area contributed by atoms with E-state index in [2.05, 4.69) is 15.3 Å². The van der Waals surface area contributed by atoms with Crippen molar-refractivity contribution in [1.82, 2.24) is 14.5 Å². The van der Waals surface area contributed by atoms with E-state index in [9.17, 15) is 32.4 Å². The zero-order valence-corrected chi connectivity index (χ0v) is 23.1. The molecule has 2 aliphatic rings. The number of nitrogens with two attached hydrogens (primary N) is 1. The molecule has 0 bridgehead atoms. The van der Waals surface area contributed by atoms with Crippen LogP contribution in [0.1, 0.15) is 55.4 Å². The lowest BCUT2D eigenvalue weighted by atomic mass is 9.83. The van der Waals surface area contributed by atoms with Crippen molar-refractivity contribution in [3.8, 4) is 0 Å². The van der Waals surface area contributed by atoms with Crippen LogP contribution in [0.5, 0.6) is 0 Å². The van der Waals surface area contributed by atoms with Crippen LogP contribution < -0.4 is 10.5 Å². The van der Waals surface area contributed by atoms with Crippen molar-refractivity contribution in [1.29, 1.82) is 0 Å². The van der Waals surface area contributed by atoms with Crippen LogP contribution in [0.25, 0.3) is 0 Å². The third-order valence-electron chi connectivity index (χ3n) is 4.52. The number of carboxylic acid groups (broad SMARTS) is 1. The lowest BCUT2D eigenvalue weighted by Gasteiger charge is -2.31. The fourth-order valence-corrected chi connectivity index (χ4v) is 4.15. The molecule has 0 atom stereocenters. The molecule has 14 nitrogen and oxygen atoms in total. The van der Waals surface area contributed by atoms with Gasteiger partial charge in [0.05, 0.1) is 16.9 Å². The fourth-order valence-electron chi connectivity index (χ4n) is 3.08. The maximum absolute atomic E-state index is 12.3. The third-order valence-corrected chi connectivity index (χ3v) is 5.76. The number of nitrogens with one attached hydrogen (secondary N) is 1. The molecule has 0 aromatic heterocycles. The van der Waals surface area contributed by atoms with Gasteiger partial charge in [-0.1, -0.05) is 31.9 Å². The summed E-state index contributed by atoms with van der Waals surface area (Å²) in [5, 5.41) is 15.6. The Labute approximate surface area is 219 Å². The molecule has 0 aromatic carbocycles. The Balaban J connectivity index is 0.000000371. The van der Waals surface area contributed by atoms with Gasteiger partial charge >= 0.3 is 22.3 Å². The van der Waals surface area contributed by atoms with Gasteiger partial charge < -0.3 is 10.4 Å². The molecule has 37 heavy (non-hydrogen) atoms. The van der Waals surface area contributed by atoms with Crippen molar-refractivity contribution in [2.45, 2.75) is 55.4 Å². The number of amides is 6. The summed E-state index contributed by atoms with van der Waals surface area (Å²) in [6, 6.07) is -1.25. The van der Waals surface area contributed by atoms with Crippen molar-refractivity contribution in [3.05, 3.63) is 22.3 Å². The minimum Gasteiger partial charge on any atom is -0.464 e. The van der Waals surface area contributed by atoms with E-state index in [0.29, 0.717) is 21.2 Å². The Morgan fingerprint density at radius 1 is 0.946 bits per heavy atom. The first-order valence-electron chi connectivity index (χ1n) is 10.5. The summed E-state index contributed by atoms with van der Waals surface area (Å²) in [5.41, 5.74) is 1.28. The molecule has 0 aliphatic carbocycles. The molecule has 0 saturated carbocycles. The summed E-state index contributed by atoms with van der Waals surface area (Å²) in [4.78, 5) is 64.7. The molecule has 202 valence electrons. The normalized spacial score (nSPS) is 16.6. The van der Waals surface area contributed by atoms with Gasteiger partial charge in [-0.05, 0) is 39.9 Å².